The smallest absolute Gasteiger partial charge is 0.136 e. The van der Waals surface area contributed by atoms with E-state index in [0.717, 1.165) is 17.7 Å². The Kier molecular flexibility index (Phi) is 5.95. The maximum absolute atomic E-state index is 9.48. The number of aromatic nitrogens is 1. The maximum atomic E-state index is 9.48. The zero-order valence-electron chi connectivity index (χ0n) is 14.0. The van der Waals surface area contributed by atoms with E-state index in [9.17, 15) is 5.26 Å². The van der Waals surface area contributed by atoms with Crippen LogP contribution in [0.25, 0.3) is 16.8 Å². The number of nitriles is 1. The molecule has 0 saturated heterocycles. The molecule has 130 valence electrons. The van der Waals surface area contributed by atoms with E-state index in [-0.39, 0.29) is 0 Å². The Morgan fingerprint density at radius 1 is 1.23 bits per heavy atom. The van der Waals surface area contributed by atoms with E-state index < -0.39 is 0 Å². The lowest BCUT2D eigenvalue weighted by Gasteiger charge is -2.05. The summed E-state index contributed by atoms with van der Waals surface area (Å²) in [6.07, 6.45) is 2.60. The summed E-state index contributed by atoms with van der Waals surface area (Å²) in [7, 11) is 0. The first-order valence-electron chi connectivity index (χ1n) is 7.98. The van der Waals surface area contributed by atoms with Crippen molar-refractivity contribution in [2.75, 3.05) is 5.32 Å². The molecule has 3 nitrogen and oxygen atoms in total. The first-order chi connectivity index (χ1) is 12.6. The zero-order valence-corrected chi connectivity index (χ0v) is 16.3. The van der Waals surface area contributed by atoms with Crippen LogP contribution >= 0.6 is 34.5 Å². The monoisotopic (exact) mass is 399 g/mol. The van der Waals surface area contributed by atoms with Crippen LogP contribution in [0.2, 0.25) is 10.0 Å². The molecule has 0 aliphatic carbocycles. The van der Waals surface area contributed by atoms with E-state index in [4.69, 9.17) is 23.2 Å². The number of hydrogen-bond acceptors (Lipinski definition) is 4. The molecule has 0 aliphatic heterocycles. The van der Waals surface area contributed by atoms with E-state index in [2.05, 4.69) is 47.6 Å². The highest BCUT2D eigenvalue weighted by Crippen LogP contribution is 2.31. The van der Waals surface area contributed by atoms with Gasteiger partial charge in [0.2, 0.25) is 0 Å². The minimum Gasteiger partial charge on any atom is -0.359 e. The van der Waals surface area contributed by atoms with Crippen LogP contribution in [0.3, 0.4) is 0 Å². The number of anilines is 1. The van der Waals surface area contributed by atoms with Crippen molar-refractivity contribution in [1.29, 1.82) is 5.26 Å². The number of hydrogen-bond donors (Lipinski definition) is 1. The summed E-state index contributed by atoms with van der Waals surface area (Å²) in [5, 5.41) is 16.0. The van der Waals surface area contributed by atoms with Crippen molar-refractivity contribution in [1.82, 2.24) is 4.98 Å². The highest BCUT2D eigenvalue weighted by atomic mass is 35.5. The summed E-state index contributed by atoms with van der Waals surface area (Å²) < 4.78 is 0. The van der Waals surface area contributed by atoms with Gasteiger partial charge < -0.3 is 5.32 Å². The fourth-order valence-electron chi connectivity index (χ4n) is 2.35. The van der Waals surface area contributed by atoms with Gasteiger partial charge in [0.15, 0.2) is 0 Å². The molecule has 0 unspecified atom stereocenters. The molecule has 6 heteroatoms. The van der Waals surface area contributed by atoms with Crippen molar-refractivity contribution in [3.05, 3.63) is 74.7 Å². The van der Waals surface area contributed by atoms with Gasteiger partial charge >= 0.3 is 0 Å². The Balaban J connectivity index is 1.83. The van der Waals surface area contributed by atoms with Crippen molar-refractivity contribution in [2.45, 2.75) is 13.3 Å². The molecule has 0 aliphatic rings. The Morgan fingerprint density at radius 3 is 2.69 bits per heavy atom. The third-order valence-corrected chi connectivity index (χ3v) is 5.53. The van der Waals surface area contributed by atoms with Gasteiger partial charge in [-0.1, -0.05) is 60.5 Å². The van der Waals surface area contributed by atoms with E-state index in [1.807, 2.05) is 5.38 Å². The molecule has 0 amide bonds. The van der Waals surface area contributed by atoms with Crippen molar-refractivity contribution >= 4 is 45.8 Å². The lowest BCUT2D eigenvalue weighted by Crippen LogP contribution is -1.92. The number of rotatable bonds is 5. The van der Waals surface area contributed by atoms with Crippen molar-refractivity contribution in [2.24, 2.45) is 0 Å². The van der Waals surface area contributed by atoms with Crippen LogP contribution in [-0.2, 0) is 6.42 Å². The third-order valence-electron chi connectivity index (χ3n) is 3.84. The standard InChI is InChI=1S/C20H15Cl2N3S/c1-2-13-6-8-14(9-7-13)18-12-26-20(25-18)15(10-23)11-24-17-5-3-4-16(21)19(17)22/h3-9,11-12,24H,2H2,1H3/b15-11-. The topological polar surface area (TPSA) is 48.7 Å². The molecule has 0 saturated carbocycles. The van der Waals surface area contributed by atoms with Gasteiger partial charge in [0, 0.05) is 17.1 Å². The van der Waals surface area contributed by atoms with Gasteiger partial charge in [-0.2, -0.15) is 5.26 Å². The summed E-state index contributed by atoms with van der Waals surface area (Å²) in [6.45, 7) is 2.12. The highest BCUT2D eigenvalue weighted by Gasteiger charge is 2.10. The molecule has 0 atom stereocenters. The molecular formula is C20H15Cl2N3S. The molecule has 0 bridgehead atoms. The molecule has 26 heavy (non-hydrogen) atoms. The number of thiazole rings is 1. The minimum atomic E-state index is 0.415. The predicted octanol–water partition coefficient (Wildman–Crippen LogP) is 6.66. The van der Waals surface area contributed by atoms with Gasteiger partial charge in [-0.05, 0) is 24.1 Å². The van der Waals surface area contributed by atoms with Gasteiger partial charge in [0.05, 0.1) is 21.4 Å². The summed E-state index contributed by atoms with van der Waals surface area (Å²) in [4.78, 5) is 4.59. The van der Waals surface area contributed by atoms with Crippen LogP contribution in [0.15, 0.2) is 54.0 Å². The van der Waals surface area contributed by atoms with Gasteiger partial charge in [-0.3, -0.25) is 0 Å². The van der Waals surface area contributed by atoms with Crippen LogP contribution in [-0.4, -0.2) is 4.98 Å². The molecule has 1 aromatic heterocycles. The number of benzene rings is 2. The van der Waals surface area contributed by atoms with Gasteiger partial charge in [0.1, 0.15) is 16.6 Å². The van der Waals surface area contributed by atoms with Gasteiger partial charge in [-0.25, -0.2) is 4.98 Å². The Labute approximate surface area is 166 Å². The fourth-order valence-corrected chi connectivity index (χ4v) is 3.50. The first-order valence-corrected chi connectivity index (χ1v) is 9.62. The van der Waals surface area contributed by atoms with E-state index in [1.54, 1.807) is 24.4 Å². The van der Waals surface area contributed by atoms with Crippen molar-refractivity contribution in [3.63, 3.8) is 0 Å². The summed E-state index contributed by atoms with van der Waals surface area (Å²) in [5.41, 5.74) is 4.24. The average molecular weight is 400 g/mol. The number of aryl methyl sites for hydroxylation is 1. The molecule has 0 spiro atoms. The van der Waals surface area contributed by atoms with Crippen LogP contribution < -0.4 is 5.32 Å². The molecule has 0 fully saturated rings. The second kappa shape index (κ2) is 8.37. The molecule has 0 radical (unpaired) electrons. The second-order valence-corrected chi connectivity index (χ2v) is 7.15. The fraction of sp³-hybridized carbons (Fsp3) is 0.100. The maximum Gasteiger partial charge on any atom is 0.136 e. The first kappa shape index (κ1) is 18.5. The number of halogens is 2. The SMILES string of the molecule is CCc1ccc(-c2csc(/C(C#N)=C\Nc3cccc(Cl)c3Cl)n2)cc1. The Morgan fingerprint density at radius 2 is 2.00 bits per heavy atom. The van der Waals surface area contributed by atoms with Crippen LogP contribution in [0.4, 0.5) is 5.69 Å². The van der Waals surface area contributed by atoms with Crippen molar-refractivity contribution < 1.29 is 0 Å². The second-order valence-electron chi connectivity index (χ2n) is 5.50. The summed E-state index contributed by atoms with van der Waals surface area (Å²) >= 11 is 13.6. The largest absolute Gasteiger partial charge is 0.359 e. The van der Waals surface area contributed by atoms with Crippen molar-refractivity contribution in [3.8, 4) is 17.3 Å². The number of nitrogens with one attached hydrogen (secondary N) is 1. The molecule has 1 N–H and O–H groups in total. The summed E-state index contributed by atoms with van der Waals surface area (Å²) in [5.74, 6) is 0. The van der Waals surface area contributed by atoms with E-state index >= 15 is 0 Å². The molecule has 3 aromatic rings. The van der Waals surface area contributed by atoms with Gasteiger partial charge in [-0.15, -0.1) is 11.3 Å². The highest BCUT2D eigenvalue weighted by molar-refractivity contribution is 7.11. The predicted molar refractivity (Wildman–Crippen MR) is 111 cm³/mol. The molecule has 3 rings (SSSR count). The quantitative estimate of drug-likeness (QED) is 0.488. The van der Waals surface area contributed by atoms with E-state index in [0.29, 0.717) is 26.3 Å². The number of allylic oxidation sites excluding steroid dienone is 1. The Bertz CT molecular complexity index is 985. The van der Waals surface area contributed by atoms with Gasteiger partial charge in [0.25, 0.3) is 0 Å². The van der Waals surface area contributed by atoms with Crippen LogP contribution in [0, 0.1) is 11.3 Å². The average Bonchev–Trinajstić information content (AvgIpc) is 3.15. The lowest BCUT2D eigenvalue weighted by atomic mass is 10.1. The van der Waals surface area contributed by atoms with Crippen LogP contribution in [0.5, 0.6) is 0 Å². The normalized spacial score (nSPS) is 11.2. The molecule has 2 aromatic carbocycles. The minimum absolute atomic E-state index is 0.415. The zero-order chi connectivity index (χ0) is 18.5. The van der Waals surface area contributed by atoms with Crippen LogP contribution in [0.1, 0.15) is 17.5 Å². The Hall–Kier alpha value is -2.32. The number of nitrogens with zero attached hydrogens (tertiary/aromatic N) is 2. The molecule has 1 heterocycles. The lowest BCUT2D eigenvalue weighted by molar-refractivity contribution is 1.14. The summed E-state index contributed by atoms with van der Waals surface area (Å²) in [6, 6.07) is 15.8. The molecular weight excluding hydrogens is 385 g/mol. The van der Waals surface area contributed by atoms with E-state index in [1.165, 1.54) is 16.9 Å². The third kappa shape index (κ3) is 4.08.